The van der Waals surface area contributed by atoms with Gasteiger partial charge >= 0.3 is 0 Å². The van der Waals surface area contributed by atoms with Crippen LogP contribution < -0.4 is 15.4 Å². The van der Waals surface area contributed by atoms with Gasteiger partial charge in [-0.1, -0.05) is 6.07 Å². The molecule has 178 valence electrons. The first kappa shape index (κ1) is 21.1. The van der Waals surface area contributed by atoms with E-state index in [-0.39, 0.29) is 18.4 Å². The molecular formula is C23H27FN8O2. The van der Waals surface area contributed by atoms with Gasteiger partial charge in [0.25, 0.3) is 0 Å². The van der Waals surface area contributed by atoms with Gasteiger partial charge in [-0.15, -0.1) is 5.10 Å². The third-order valence-corrected chi connectivity index (χ3v) is 7.02. The number of nitrogens with zero attached hydrogens (tertiary/aromatic N) is 7. The Morgan fingerprint density at radius 2 is 2.12 bits per heavy atom. The van der Waals surface area contributed by atoms with Crippen LogP contribution >= 0.6 is 0 Å². The Labute approximate surface area is 195 Å². The molecule has 6 rings (SSSR count). The summed E-state index contributed by atoms with van der Waals surface area (Å²) >= 11 is 0. The molecule has 11 heteroatoms. The highest BCUT2D eigenvalue weighted by atomic mass is 19.1. The predicted molar refractivity (Wildman–Crippen MR) is 125 cm³/mol. The van der Waals surface area contributed by atoms with Crippen LogP contribution in [0.15, 0.2) is 30.6 Å². The lowest BCUT2D eigenvalue weighted by atomic mass is 9.80. The highest BCUT2D eigenvalue weighted by Gasteiger charge is 2.36. The highest BCUT2D eigenvalue weighted by molar-refractivity contribution is 5.95. The van der Waals surface area contributed by atoms with Gasteiger partial charge in [-0.05, 0) is 37.8 Å². The third kappa shape index (κ3) is 3.51. The monoisotopic (exact) mass is 466 g/mol. The molecule has 2 aliphatic rings. The fourth-order valence-electron chi connectivity index (χ4n) is 5.06. The number of aliphatic hydroxyl groups is 1. The molecule has 2 fully saturated rings. The fourth-order valence-corrected chi connectivity index (χ4v) is 5.06. The quantitative estimate of drug-likeness (QED) is 0.460. The third-order valence-electron chi connectivity index (χ3n) is 7.02. The topological polar surface area (TPSA) is 120 Å². The van der Waals surface area contributed by atoms with Crippen LogP contribution in [0.1, 0.15) is 37.4 Å². The van der Waals surface area contributed by atoms with E-state index in [9.17, 15) is 9.50 Å². The number of ether oxygens (including phenoxy) is 1. The zero-order valence-electron chi connectivity index (χ0n) is 18.9. The minimum absolute atomic E-state index is 0.199. The van der Waals surface area contributed by atoms with Crippen molar-refractivity contribution in [2.45, 2.75) is 49.9 Å². The van der Waals surface area contributed by atoms with E-state index in [1.54, 1.807) is 18.0 Å². The second-order valence-electron chi connectivity index (χ2n) is 9.44. The van der Waals surface area contributed by atoms with Crippen LogP contribution in [0.4, 0.5) is 16.0 Å². The van der Waals surface area contributed by atoms with E-state index in [0.717, 1.165) is 30.3 Å². The smallest absolute Gasteiger partial charge is 0.223 e. The average Bonchev–Trinajstić information content (AvgIpc) is 3.45. The van der Waals surface area contributed by atoms with Crippen molar-refractivity contribution in [2.75, 3.05) is 30.8 Å². The van der Waals surface area contributed by atoms with E-state index < -0.39 is 11.8 Å². The number of nitrogens with two attached hydrogens (primary N) is 1. The van der Waals surface area contributed by atoms with E-state index in [4.69, 9.17) is 15.5 Å². The van der Waals surface area contributed by atoms with Crippen LogP contribution in [0.5, 0.6) is 5.75 Å². The molecule has 4 heterocycles. The molecule has 1 aliphatic carbocycles. The molecule has 4 aromatic rings. The Morgan fingerprint density at radius 1 is 1.26 bits per heavy atom. The van der Waals surface area contributed by atoms with Gasteiger partial charge in [0.15, 0.2) is 11.5 Å². The number of rotatable bonds is 5. The minimum atomic E-state index is -1.03. The van der Waals surface area contributed by atoms with Gasteiger partial charge in [0.05, 0.1) is 31.1 Å². The van der Waals surface area contributed by atoms with Gasteiger partial charge in [-0.3, -0.25) is 4.68 Å². The molecule has 1 aromatic carbocycles. The summed E-state index contributed by atoms with van der Waals surface area (Å²) in [5, 5.41) is 20.2. The number of benzene rings is 1. The molecule has 2 unspecified atom stereocenters. The number of anilines is 2. The van der Waals surface area contributed by atoms with E-state index in [1.807, 2.05) is 29.3 Å². The maximum atomic E-state index is 14.9. The Morgan fingerprint density at radius 3 is 2.88 bits per heavy atom. The lowest BCUT2D eigenvalue weighted by Gasteiger charge is -2.36. The number of hydrogen-bond donors (Lipinski definition) is 2. The minimum Gasteiger partial charge on any atom is -0.494 e. The summed E-state index contributed by atoms with van der Waals surface area (Å²) in [4.78, 5) is 11.2. The van der Waals surface area contributed by atoms with Crippen molar-refractivity contribution in [1.82, 2.24) is 29.4 Å². The van der Waals surface area contributed by atoms with Crippen molar-refractivity contribution in [3.8, 4) is 5.75 Å². The number of halogens is 1. The maximum absolute atomic E-state index is 14.9. The Kier molecular flexibility index (Phi) is 4.83. The molecular weight excluding hydrogens is 439 g/mol. The summed E-state index contributed by atoms with van der Waals surface area (Å²) in [6.07, 6.45) is 5.53. The van der Waals surface area contributed by atoms with Gasteiger partial charge in [0.1, 0.15) is 17.4 Å². The molecule has 3 aromatic heterocycles. The molecule has 0 spiro atoms. The Hall–Kier alpha value is -3.47. The number of nitrogen functional groups attached to an aromatic ring is 1. The molecule has 0 radical (unpaired) electrons. The normalized spacial score (nSPS) is 22.3. The Bertz CT molecular complexity index is 1360. The summed E-state index contributed by atoms with van der Waals surface area (Å²) in [6.45, 7) is 1.30. The largest absolute Gasteiger partial charge is 0.494 e. The molecule has 1 saturated carbocycles. The van der Waals surface area contributed by atoms with E-state index in [0.29, 0.717) is 42.2 Å². The van der Waals surface area contributed by atoms with Crippen LogP contribution in [0.25, 0.3) is 16.6 Å². The first-order valence-corrected chi connectivity index (χ1v) is 11.6. The second kappa shape index (κ2) is 7.79. The second-order valence-corrected chi connectivity index (χ2v) is 9.44. The summed E-state index contributed by atoms with van der Waals surface area (Å²) in [5.41, 5.74) is 7.53. The predicted octanol–water partition coefficient (Wildman–Crippen LogP) is 2.31. The first-order chi connectivity index (χ1) is 16.4. The van der Waals surface area contributed by atoms with Crippen LogP contribution in [0.3, 0.4) is 0 Å². The van der Waals surface area contributed by atoms with Crippen LogP contribution in [-0.4, -0.2) is 66.4 Å². The van der Waals surface area contributed by atoms with Gasteiger partial charge in [0, 0.05) is 30.6 Å². The molecule has 0 amide bonds. The number of aromatic nitrogens is 6. The lowest BCUT2D eigenvalue weighted by molar-refractivity contribution is -0.0498. The van der Waals surface area contributed by atoms with Crippen molar-refractivity contribution in [3.63, 3.8) is 0 Å². The van der Waals surface area contributed by atoms with Gasteiger partial charge in [0.2, 0.25) is 5.95 Å². The Balaban J connectivity index is 1.30. The van der Waals surface area contributed by atoms with Crippen molar-refractivity contribution >= 4 is 28.2 Å². The zero-order valence-corrected chi connectivity index (χ0v) is 18.9. The van der Waals surface area contributed by atoms with E-state index in [2.05, 4.69) is 15.2 Å². The van der Waals surface area contributed by atoms with Gasteiger partial charge < -0.3 is 20.5 Å². The van der Waals surface area contributed by atoms with Crippen molar-refractivity contribution < 1.29 is 14.2 Å². The van der Waals surface area contributed by atoms with Crippen molar-refractivity contribution in [3.05, 3.63) is 36.4 Å². The van der Waals surface area contributed by atoms with E-state index >= 15 is 0 Å². The molecule has 2 atom stereocenters. The van der Waals surface area contributed by atoms with Crippen LogP contribution in [0.2, 0.25) is 0 Å². The number of methoxy groups -OCH3 is 1. The number of hydrogen-bond acceptors (Lipinski definition) is 8. The number of para-hydroxylation sites is 1. The summed E-state index contributed by atoms with van der Waals surface area (Å²) in [7, 11) is 1.58. The molecule has 3 N–H and O–H groups in total. The standard InChI is InChI=1S/C23H27FN8O2/c1-34-18-5-2-4-17-19(18)27-22(25)32-21(17)28-20(29-32)14-8-15(24)11-30(10-14)16-9-26-31(12-16)13-23(33)6-3-7-23/h2,4-5,9,12,14-15,33H,3,6-8,10-11,13H2,1H3,(H2,25,27). The first-order valence-electron chi connectivity index (χ1n) is 11.6. The molecule has 1 aliphatic heterocycles. The van der Waals surface area contributed by atoms with Gasteiger partial charge in [-0.2, -0.15) is 9.61 Å². The summed E-state index contributed by atoms with van der Waals surface area (Å²) in [6, 6.07) is 5.58. The lowest BCUT2D eigenvalue weighted by Crippen LogP contribution is -2.41. The highest BCUT2D eigenvalue weighted by Crippen LogP contribution is 2.35. The van der Waals surface area contributed by atoms with Crippen LogP contribution in [0, 0.1) is 0 Å². The van der Waals surface area contributed by atoms with Crippen molar-refractivity contribution in [1.29, 1.82) is 0 Å². The molecule has 1 saturated heterocycles. The summed E-state index contributed by atoms with van der Waals surface area (Å²) in [5.74, 6) is 1.12. The number of fused-ring (bicyclic) bond motifs is 3. The van der Waals surface area contributed by atoms with Crippen LogP contribution in [-0.2, 0) is 6.54 Å². The molecule has 0 bridgehead atoms. The fraction of sp³-hybridized carbons (Fsp3) is 0.478. The molecule has 34 heavy (non-hydrogen) atoms. The summed E-state index contributed by atoms with van der Waals surface area (Å²) < 4.78 is 23.5. The zero-order chi connectivity index (χ0) is 23.4. The SMILES string of the molecule is COc1cccc2c1nc(N)n1nc(C3CC(F)CN(c4cnn(CC5(O)CCC5)c4)C3)nc21. The maximum Gasteiger partial charge on any atom is 0.223 e. The van der Waals surface area contributed by atoms with Gasteiger partial charge in [-0.25, -0.2) is 14.4 Å². The van der Waals surface area contributed by atoms with Crippen molar-refractivity contribution in [2.24, 2.45) is 0 Å². The van der Waals surface area contributed by atoms with E-state index in [1.165, 1.54) is 4.52 Å². The number of alkyl halides is 1. The average molecular weight is 467 g/mol. The number of piperidine rings is 1. The molecule has 10 nitrogen and oxygen atoms in total.